The number of piperidine rings is 1. The summed E-state index contributed by atoms with van der Waals surface area (Å²) in [7, 11) is 0. The molecule has 2 aliphatic heterocycles. The molecular formula is C25H29Cl2N7O. The van der Waals surface area contributed by atoms with Crippen LogP contribution in [0.3, 0.4) is 0 Å². The topological polar surface area (TPSA) is 101 Å². The highest BCUT2D eigenvalue weighted by molar-refractivity contribution is 6.42. The van der Waals surface area contributed by atoms with Crippen molar-refractivity contribution in [3.8, 4) is 0 Å². The monoisotopic (exact) mass is 513 g/mol. The summed E-state index contributed by atoms with van der Waals surface area (Å²) >= 11 is 12.3. The summed E-state index contributed by atoms with van der Waals surface area (Å²) in [5, 5.41) is 12.6. The van der Waals surface area contributed by atoms with Gasteiger partial charge in [0.05, 0.1) is 33.0 Å². The molecule has 1 atom stereocenters. The molecule has 4 N–H and O–H groups in total. The molecule has 0 unspecified atom stereocenters. The number of carbonyl (C=O) groups excluding carboxylic acids is 1. The highest BCUT2D eigenvalue weighted by atomic mass is 35.5. The van der Waals surface area contributed by atoms with Crippen LogP contribution in [-0.2, 0) is 6.54 Å². The van der Waals surface area contributed by atoms with Crippen LogP contribution in [0.15, 0.2) is 42.7 Å². The Balaban J connectivity index is 1.36. The van der Waals surface area contributed by atoms with Crippen LogP contribution < -0.4 is 16.4 Å². The van der Waals surface area contributed by atoms with Crippen molar-refractivity contribution in [2.75, 3.05) is 37.2 Å². The van der Waals surface area contributed by atoms with Crippen molar-refractivity contribution in [1.82, 2.24) is 25.0 Å². The van der Waals surface area contributed by atoms with E-state index in [9.17, 15) is 4.79 Å². The molecule has 1 aromatic carbocycles. The van der Waals surface area contributed by atoms with Crippen LogP contribution in [0.5, 0.6) is 0 Å². The van der Waals surface area contributed by atoms with Crippen LogP contribution >= 0.6 is 23.2 Å². The summed E-state index contributed by atoms with van der Waals surface area (Å²) in [6.07, 6.45) is 6.55. The maximum Gasteiger partial charge on any atom is 0.259 e. The lowest BCUT2D eigenvalue weighted by Gasteiger charge is -2.22. The number of likely N-dealkylation sites (tertiary alicyclic amines) is 1. The third kappa shape index (κ3) is 5.46. The molecule has 2 aliphatic rings. The van der Waals surface area contributed by atoms with Gasteiger partial charge in [0.25, 0.3) is 5.91 Å². The Kier molecular flexibility index (Phi) is 7.24. The number of amides is 1. The average Bonchev–Trinajstić information content (AvgIpc) is 3.49. The minimum atomic E-state index is -0.271. The van der Waals surface area contributed by atoms with Crippen molar-refractivity contribution in [2.45, 2.75) is 37.8 Å². The second-order valence-corrected chi connectivity index (χ2v) is 10.1. The van der Waals surface area contributed by atoms with Gasteiger partial charge in [-0.2, -0.15) is 5.10 Å². The predicted molar refractivity (Wildman–Crippen MR) is 139 cm³/mol. The summed E-state index contributed by atoms with van der Waals surface area (Å²) < 4.78 is 2.04. The molecule has 4 heterocycles. The van der Waals surface area contributed by atoms with Crippen LogP contribution in [0.2, 0.25) is 10.0 Å². The molecule has 0 saturated carbocycles. The summed E-state index contributed by atoms with van der Waals surface area (Å²) in [5.74, 6) is 0.153. The molecule has 0 aliphatic carbocycles. The Morgan fingerprint density at radius 2 is 2.00 bits per heavy atom. The average molecular weight is 514 g/mol. The van der Waals surface area contributed by atoms with E-state index >= 15 is 0 Å². The molecule has 2 aromatic heterocycles. The molecule has 5 rings (SSSR count). The smallest absolute Gasteiger partial charge is 0.259 e. The lowest BCUT2D eigenvalue weighted by Crippen LogP contribution is -2.29. The van der Waals surface area contributed by atoms with E-state index in [1.54, 1.807) is 18.3 Å². The fraction of sp³-hybridized carbons (Fsp3) is 0.400. The number of carbonyl (C=O) groups is 1. The fourth-order valence-corrected chi connectivity index (χ4v) is 5.28. The van der Waals surface area contributed by atoms with E-state index in [0.717, 1.165) is 68.9 Å². The first-order valence-electron chi connectivity index (χ1n) is 12.0. The number of anilines is 2. The number of rotatable bonds is 6. The molecule has 10 heteroatoms. The Bertz CT molecular complexity index is 1210. The summed E-state index contributed by atoms with van der Waals surface area (Å²) in [6, 6.07) is 9.49. The van der Waals surface area contributed by atoms with Gasteiger partial charge in [0.15, 0.2) is 0 Å². The van der Waals surface area contributed by atoms with Gasteiger partial charge >= 0.3 is 0 Å². The Labute approximate surface area is 214 Å². The number of nitrogens with zero attached hydrogens (tertiary/aromatic N) is 4. The zero-order chi connectivity index (χ0) is 24.4. The van der Waals surface area contributed by atoms with Gasteiger partial charge in [-0.25, -0.2) is 4.98 Å². The maximum atomic E-state index is 13.0. The molecule has 2 saturated heterocycles. The van der Waals surface area contributed by atoms with Gasteiger partial charge in [-0.05, 0) is 68.7 Å². The quantitative estimate of drug-likeness (QED) is 0.453. The van der Waals surface area contributed by atoms with Crippen LogP contribution in [0, 0.1) is 0 Å². The van der Waals surface area contributed by atoms with Gasteiger partial charge in [-0.3, -0.25) is 14.4 Å². The number of halogens is 2. The van der Waals surface area contributed by atoms with Crippen molar-refractivity contribution in [3.05, 3.63) is 69.6 Å². The second-order valence-electron chi connectivity index (χ2n) is 9.25. The van der Waals surface area contributed by atoms with Crippen molar-refractivity contribution >= 4 is 40.6 Å². The van der Waals surface area contributed by atoms with Crippen LogP contribution in [-0.4, -0.2) is 51.8 Å². The largest absolute Gasteiger partial charge is 0.383 e. The van der Waals surface area contributed by atoms with E-state index in [4.69, 9.17) is 34.0 Å². The molecule has 8 nitrogen and oxygen atoms in total. The number of hydrogen-bond acceptors (Lipinski definition) is 6. The van der Waals surface area contributed by atoms with Gasteiger partial charge in [0, 0.05) is 31.4 Å². The molecule has 0 bridgehead atoms. The van der Waals surface area contributed by atoms with Crippen molar-refractivity contribution < 1.29 is 4.79 Å². The molecule has 184 valence electrons. The molecular weight excluding hydrogens is 485 g/mol. The number of aromatic nitrogens is 3. The molecule has 35 heavy (non-hydrogen) atoms. The fourth-order valence-electron chi connectivity index (χ4n) is 4.96. The van der Waals surface area contributed by atoms with E-state index in [1.165, 1.54) is 0 Å². The molecule has 0 spiro atoms. The van der Waals surface area contributed by atoms with Crippen LogP contribution in [0.1, 0.15) is 52.8 Å². The Morgan fingerprint density at radius 3 is 2.77 bits per heavy atom. The number of pyridine rings is 1. The predicted octanol–water partition coefficient (Wildman–Crippen LogP) is 4.33. The Hall–Kier alpha value is -2.65. The zero-order valence-corrected chi connectivity index (χ0v) is 20.9. The van der Waals surface area contributed by atoms with Crippen LogP contribution in [0.4, 0.5) is 11.5 Å². The maximum absolute atomic E-state index is 13.0. The van der Waals surface area contributed by atoms with Crippen molar-refractivity contribution in [3.63, 3.8) is 0 Å². The van der Waals surface area contributed by atoms with Gasteiger partial charge < -0.3 is 16.4 Å². The summed E-state index contributed by atoms with van der Waals surface area (Å²) in [6.45, 7) is 4.51. The highest BCUT2D eigenvalue weighted by Gasteiger charge is 2.30. The van der Waals surface area contributed by atoms with Gasteiger partial charge in [0.2, 0.25) is 0 Å². The van der Waals surface area contributed by atoms with Gasteiger partial charge in [-0.1, -0.05) is 29.3 Å². The van der Waals surface area contributed by atoms with Gasteiger partial charge in [0.1, 0.15) is 5.82 Å². The number of nitrogen functional groups attached to an aromatic ring is 1. The van der Waals surface area contributed by atoms with Gasteiger partial charge in [-0.15, -0.1) is 0 Å². The molecule has 1 amide bonds. The molecule has 2 fully saturated rings. The standard InChI is InChI=1S/C25H29Cl2N7O/c26-20-4-3-16(12-21(20)27)13-33-11-7-17(14-33)23-22(15-34(32-23)18-5-9-29-10-6-18)31-25(35)19-2-1-8-30-24(19)28/h1-4,8,12,15,17-18,29H,5-7,9-11,13-14H2,(H2,28,30)(H,31,35)/t17-/m1/s1. The molecule has 3 aromatic rings. The normalized spacial score (nSPS) is 19.2. The van der Waals surface area contributed by atoms with E-state index in [2.05, 4.69) is 20.5 Å². The highest BCUT2D eigenvalue weighted by Crippen LogP contribution is 2.34. The summed E-state index contributed by atoms with van der Waals surface area (Å²) in [4.78, 5) is 19.5. The minimum absolute atomic E-state index is 0.210. The van der Waals surface area contributed by atoms with E-state index < -0.39 is 0 Å². The summed E-state index contributed by atoms with van der Waals surface area (Å²) in [5.41, 5.74) is 9.11. The Morgan fingerprint density at radius 1 is 1.17 bits per heavy atom. The SMILES string of the molecule is Nc1ncccc1C(=O)Nc1cn(C2CCNCC2)nc1[C@@H]1CCN(Cc2ccc(Cl)c(Cl)c2)C1. The van der Waals surface area contributed by atoms with Crippen molar-refractivity contribution in [1.29, 1.82) is 0 Å². The second kappa shape index (κ2) is 10.5. The van der Waals surface area contributed by atoms with Crippen molar-refractivity contribution in [2.24, 2.45) is 0 Å². The van der Waals surface area contributed by atoms with E-state index in [0.29, 0.717) is 21.7 Å². The third-order valence-electron chi connectivity index (χ3n) is 6.82. The minimum Gasteiger partial charge on any atom is -0.383 e. The molecule has 0 radical (unpaired) electrons. The number of nitrogens with two attached hydrogens (primary N) is 1. The first kappa shape index (κ1) is 24.1. The number of hydrogen-bond donors (Lipinski definition) is 3. The first-order chi connectivity index (χ1) is 17.0. The van der Waals surface area contributed by atoms with Crippen LogP contribution in [0.25, 0.3) is 0 Å². The number of nitrogens with one attached hydrogen (secondary N) is 2. The lowest BCUT2D eigenvalue weighted by atomic mass is 10.0. The van der Waals surface area contributed by atoms with E-state index in [1.807, 2.05) is 29.1 Å². The zero-order valence-electron chi connectivity index (χ0n) is 19.4. The van der Waals surface area contributed by atoms with E-state index in [-0.39, 0.29) is 17.6 Å². The first-order valence-corrected chi connectivity index (χ1v) is 12.7. The lowest BCUT2D eigenvalue weighted by molar-refractivity contribution is 0.102. The third-order valence-corrected chi connectivity index (χ3v) is 7.56. The number of benzene rings is 1.